The van der Waals surface area contributed by atoms with Gasteiger partial charge in [-0.1, -0.05) is 0 Å². The van der Waals surface area contributed by atoms with E-state index < -0.39 is 159 Å². The van der Waals surface area contributed by atoms with Gasteiger partial charge in [-0.05, 0) is 0 Å². The van der Waals surface area contributed by atoms with Gasteiger partial charge >= 0.3 is 142 Å². The SMILES string of the molecule is O=C(COP(=O)([O-])[O-])[C@@H](O)[C@H](O)[C@H](O)COP(=O)([O-])[O-].O=C(COP(=O)([O-])[O-])[C@@H](O)[C@H](O)[C@H](O)COP(=O)([O-])[O-].O=C(COP(=O)([O-])[O-])[C@@H](O)[C@H](O)[C@H](O)COP(=O)([O-])[O-].[La+3].[La+3].[La+3].[La+3]. The van der Waals surface area contributed by atoms with Gasteiger partial charge in [0.2, 0.25) is 0 Å². The molecule has 9 N–H and O–H groups in total. The Hall–Kier alpha value is 4.09. The molecule has 0 aromatic rings. The van der Waals surface area contributed by atoms with Gasteiger partial charge < -0.3 is 159 Å². The van der Waals surface area contributed by atoms with Crippen molar-refractivity contribution in [3.05, 3.63) is 0 Å². The first-order chi connectivity index (χ1) is 26.5. The first-order valence-electron chi connectivity index (χ1n) is 14.2. The van der Waals surface area contributed by atoms with Crippen molar-refractivity contribution in [2.24, 2.45) is 0 Å². The van der Waals surface area contributed by atoms with Crippen molar-refractivity contribution in [2.75, 3.05) is 39.6 Å². The van der Waals surface area contributed by atoms with Crippen LogP contribution in [0.3, 0.4) is 0 Å². The maximum atomic E-state index is 11.1. The van der Waals surface area contributed by atoms with Gasteiger partial charge in [0.05, 0.1) is 66.8 Å². The standard InChI is InChI=1S/3C6H14O12P2.4La/c3*7-3(1-17-19(11,12)13)5(9)6(10)4(8)2-18-20(14,15)16;;;;/h3*3,5-7,9-10H,1-2H2,(H2,11,12,13)(H2,14,15,16);;;;/q;;;4*+3/p-12/t3*3-,5-,6-;;;;/m111..../s1. The van der Waals surface area contributed by atoms with E-state index in [4.69, 9.17) is 30.6 Å². The summed E-state index contributed by atoms with van der Waals surface area (Å²) in [6.45, 7) is -7.89. The number of ketones is 3. The third kappa shape index (κ3) is 48.4. The average Bonchev–Trinajstić information content (AvgIpc) is 3.08. The molecule has 46 heteroatoms. The topological polar surface area (TPSA) is 668 Å². The first-order valence-corrected chi connectivity index (χ1v) is 23.0. The van der Waals surface area contributed by atoms with Gasteiger partial charge in [-0.25, -0.2) is 0 Å². The summed E-state index contributed by atoms with van der Waals surface area (Å²) in [6, 6.07) is 0. The van der Waals surface area contributed by atoms with E-state index in [1.807, 2.05) is 0 Å². The molecule has 0 saturated carbocycles. The van der Waals surface area contributed by atoms with Crippen molar-refractivity contribution in [3.63, 3.8) is 0 Å². The van der Waals surface area contributed by atoms with E-state index in [1.165, 1.54) is 0 Å². The van der Waals surface area contributed by atoms with Gasteiger partial charge in [0, 0.05) is 0 Å². The van der Waals surface area contributed by atoms with Crippen LogP contribution >= 0.6 is 46.9 Å². The molecule has 0 spiro atoms. The average molecular weight is 1560 g/mol. The van der Waals surface area contributed by atoms with Gasteiger partial charge in [0.15, 0.2) is 17.3 Å². The third-order valence-corrected chi connectivity index (χ3v) is 8.18. The molecule has 0 rings (SSSR count). The molecule has 0 aliphatic rings. The van der Waals surface area contributed by atoms with E-state index in [-0.39, 0.29) is 142 Å². The predicted octanol–water partition coefficient (Wildman–Crippen LogP) is -17.0. The van der Waals surface area contributed by atoms with Gasteiger partial charge in [0.25, 0.3) is 0 Å². The summed E-state index contributed by atoms with van der Waals surface area (Å²) in [7, 11) is -32.7. The fourth-order valence-electron chi connectivity index (χ4n) is 2.69. The molecule has 36 nitrogen and oxygen atoms in total. The van der Waals surface area contributed by atoms with Crippen LogP contribution in [0.25, 0.3) is 0 Å². The minimum absolute atomic E-state index is 0. The Morgan fingerprint density at radius 3 is 0.594 bits per heavy atom. The number of carbonyl (C=O) groups is 3. The summed E-state index contributed by atoms with van der Waals surface area (Å²) in [6.07, 6.45) is -20.5. The molecule has 0 radical (unpaired) electrons. The van der Waals surface area contributed by atoms with E-state index in [0.717, 1.165) is 0 Å². The number of aliphatic hydroxyl groups is 9. The number of hydrogen-bond acceptors (Lipinski definition) is 36. The Kier molecular flexibility index (Phi) is 48.5. The van der Waals surface area contributed by atoms with Crippen LogP contribution in [0.15, 0.2) is 0 Å². The smallest absolute Gasteiger partial charge is 0.790 e. The number of Topliss-reactive ketones (excluding diaryl/α,β-unsaturated/α-hetero) is 3. The Bertz CT molecular complexity index is 1440. The number of phosphoric ester groups is 6. The Labute approximate surface area is 469 Å². The van der Waals surface area contributed by atoms with Crippen LogP contribution in [0.2, 0.25) is 0 Å². The molecule has 0 aromatic carbocycles. The maximum Gasteiger partial charge on any atom is 3.00 e. The fourth-order valence-corrected chi connectivity index (χ4v) is 4.55. The van der Waals surface area contributed by atoms with E-state index in [0.29, 0.717) is 0 Å². The molecule has 360 valence electrons. The normalized spacial score (nSPS) is 16.5. The van der Waals surface area contributed by atoms with Gasteiger partial charge in [-0.3, -0.25) is 14.4 Å². The molecule has 0 aliphatic heterocycles. The zero-order valence-corrected chi connectivity index (χ0v) is 50.8. The minimum Gasteiger partial charge on any atom is -0.790 e. The summed E-state index contributed by atoms with van der Waals surface area (Å²) >= 11 is 0. The molecule has 0 fully saturated rings. The minimum atomic E-state index is -5.47. The van der Waals surface area contributed by atoms with Crippen molar-refractivity contribution in [1.29, 1.82) is 0 Å². The second kappa shape index (κ2) is 37.8. The number of aliphatic hydroxyl groups excluding tert-OH is 9. The molecule has 0 bridgehead atoms. The zero-order chi connectivity index (χ0) is 48.4. The second-order valence-electron chi connectivity index (χ2n) is 10.3. The molecule has 0 heterocycles. The van der Waals surface area contributed by atoms with E-state index in [2.05, 4.69) is 27.1 Å². The number of hydrogen-bond donors (Lipinski definition) is 9. The van der Waals surface area contributed by atoms with E-state index in [9.17, 15) is 116 Å². The van der Waals surface area contributed by atoms with Crippen LogP contribution in [0.5, 0.6) is 0 Å². The molecule has 0 aliphatic carbocycles. The maximum absolute atomic E-state index is 11.1. The second-order valence-corrected chi connectivity index (χ2v) is 17.2. The van der Waals surface area contributed by atoms with Crippen molar-refractivity contribution >= 4 is 64.3 Å². The van der Waals surface area contributed by atoms with Crippen LogP contribution in [-0.2, 0) is 68.9 Å². The fraction of sp³-hybridized carbons (Fsp3) is 0.833. The van der Waals surface area contributed by atoms with Gasteiger partial charge in [0.1, 0.15) is 74.8 Å². The van der Waals surface area contributed by atoms with E-state index >= 15 is 0 Å². The summed E-state index contributed by atoms with van der Waals surface area (Å²) in [5, 5.41) is 82.5. The molecular formula is C18H30La4O36P6. The van der Waals surface area contributed by atoms with Crippen molar-refractivity contribution < 1.29 is 316 Å². The van der Waals surface area contributed by atoms with Crippen LogP contribution in [0.1, 0.15) is 0 Å². The Balaban J connectivity index is -0.000000148. The molecule has 0 unspecified atom stereocenters. The number of rotatable bonds is 27. The number of carbonyl (C=O) groups excluding carboxylic acids is 3. The molecule has 64 heavy (non-hydrogen) atoms. The molecule has 0 amide bonds. The summed E-state index contributed by atoms with van der Waals surface area (Å²) < 4.78 is 81.8. The van der Waals surface area contributed by atoms with Crippen LogP contribution in [0, 0.1) is 142 Å². The van der Waals surface area contributed by atoms with Crippen LogP contribution < -0.4 is 58.7 Å². The molecular weight excluding hydrogens is 1530 g/mol. The van der Waals surface area contributed by atoms with Gasteiger partial charge in [-0.2, -0.15) is 0 Å². The quantitative estimate of drug-likeness (QED) is 0.0345. The summed E-state index contributed by atoms with van der Waals surface area (Å²) in [5.41, 5.74) is 0. The monoisotopic (exact) mass is 1560 g/mol. The van der Waals surface area contributed by atoms with Crippen molar-refractivity contribution in [1.82, 2.24) is 0 Å². The number of phosphoric acid groups is 6. The van der Waals surface area contributed by atoms with Crippen molar-refractivity contribution in [3.8, 4) is 0 Å². The Morgan fingerprint density at radius 1 is 0.328 bits per heavy atom. The molecule has 0 aromatic heterocycles. The Morgan fingerprint density at radius 2 is 0.469 bits per heavy atom. The van der Waals surface area contributed by atoms with Crippen LogP contribution in [0.4, 0.5) is 0 Å². The molecule has 9 atom stereocenters. The zero-order valence-electron chi connectivity index (χ0n) is 31.0. The third-order valence-electron chi connectivity index (χ3n) is 5.45. The van der Waals surface area contributed by atoms with Gasteiger partial charge in [-0.15, -0.1) is 0 Å². The summed E-state index contributed by atoms with van der Waals surface area (Å²) in [5.74, 6) is -4.43. The predicted molar refractivity (Wildman–Crippen MR) is 150 cm³/mol. The van der Waals surface area contributed by atoms with E-state index in [1.54, 1.807) is 0 Å². The largest absolute Gasteiger partial charge is 3.00 e. The van der Waals surface area contributed by atoms with Crippen LogP contribution in [-0.4, -0.2) is 158 Å². The first kappa shape index (κ1) is 82.1. The summed E-state index contributed by atoms with van der Waals surface area (Å²) in [4.78, 5) is 154. The molecule has 0 saturated heterocycles. The van der Waals surface area contributed by atoms with Crippen molar-refractivity contribution in [2.45, 2.75) is 54.9 Å².